The van der Waals surface area contributed by atoms with Crippen LogP contribution in [-0.2, 0) is 23.3 Å². The van der Waals surface area contributed by atoms with Crippen LogP contribution in [0.15, 0.2) is 30.6 Å². The summed E-state index contributed by atoms with van der Waals surface area (Å²) in [7, 11) is 0. The van der Waals surface area contributed by atoms with Gasteiger partial charge < -0.3 is 10.0 Å². The minimum atomic E-state index is -0.703. The summed E-state index contributed by atoms with van der Waals surface area (Å²) in [5.41, 5.74) is 5.06. The van der Waals surface area contributed by atoms with Crippen molar-refractivity contribution in [2.45, 2.75) is 51.1 Å². The van der Waals surface area contributed by atoms with Crippen LogP contribution in [0.25, 0.3) is 0 Å². The molecule has 27 heavy (non-hydrogen) atoms. The number of nitrogens with one attached hydrogen (secondary N) is 1. The molecule has 140 valence electrons. The molecule has 2 aromatic rings. The Morgan fingerprint density at radius 1 is 1.33 bits per heavy atom. The largest absolute Gasteiger partial charge is 0.481 e. The van der Waals surface area contributed by atoms with Gasteiger partial charge in [-0.25, -0.2) is 0 Å². The molecule has 1 atom stereocenters. The maximum atomic E-state index is 10.9. The lowest BCUT2D eigenvalue weighted by molar-refractivity contribution is -0.918. The number of carboxylic acids is 1. The quantitative estimate of drug-likeness (QED) is 0.793. The standard InChI is InChI=1S/C22H25N3O2/c1-2-10-25-14-18(13-23-25)4-3-17-5-6-19-15-24(11-7-21(26)27)16-22(8-9-22)20(19)12-17/h5-6,12-14H,2,7-11,15-16H2,1H3,(H,26,27)/p+1. The predicted molar refractivity (Wildman–Crippen MR) is 103 cm³/mol. The van der Waals surface area contributed by atoms with E-state index < -0.39 is 5.97 Å². The van der Waals surface area contributed by atoms with Gasteiger partial charge in [-0.2, -0.15) is 5.10 Å². The van der Waals surface area contributed by atoms with E-state index in [1.165, 1.54) is 28.9 Å². The average molecular weight is 364 g/mol. The molecule has 1 spiro atoms. The number of rotatable bonds is 5. The van der Waals surface area contributed by atoms with Crippen molar-refractivity contribution in [3.05, 3.63) is 52.8 Å². The van der Waals surface area contributed by atoms with Crippen molar-refractivity contribution >= 4 is 5.97 Å². The van der Waals surface area contributed by atoms with Gasteiger partial charge in [0.1, 0.15) is 6.54 Å². The summed E-state index contributed by atoms with van der Waals surface area (Å²) in [5.74, 6) is 5.82. The lowest BCUT2D eigenvalue weighted by Crippen LogP contribution is -3.12. The number of benzene rings is 1. The molecule has 1 unspecified atom stereocenters. The van der Waals surface area contributed by atoms with Crippen molar-refractivity contribution in [1.29, 1.82) is 0 Å². The molecule has 0 amide bonds. The lowest BCUT2D eigenvalue weighted by atomic mass is 9.85. The molecule has 1 aliphatic heterocycles. The first-order chi connectivity index (χ1) is 13.1. The van der Waals surface area contributed by atoms with Gasteiger partial charge >= 0.3 is 5.97 Å². The summed E-state index contributed by atoms with van der Waals surface area (Å²) >= 11 is 0. The van der Waals surface area contributed by atoms with Gasteiger partial charge in [0.2, 0.25) is 0 Å². The third-order valence-corrected chi connectivity index (χ3v) is 5.69. The Bertz CT molecular complexity index is 915. The van der Waals surface area contributed by atoms with Crippen molar-refractivity contribution < 1.29 is 14.8 Å². The topological polar surface area (TPSA) is 59.6 Å². The molecule has 2 heterocycles. The summed E-state index contributed by atoms with van der Waals surface area (Å²) in [6.07, 6.45) is 7.55. The Morgan fingerprint density at radius 2 is 2.15 bits per heavy atom. The van der Waals surface area contributed by atoms with Crippen LogP contribution in [0.2, 0.25) is 0 Å². The molecule has 5 nitrogen and oxygen atoms in total. The van der Waals surface area contributed by atoms with Gasteiger partial charge in [0, 0.05) is 29.3 Å². The Labute approximate surface area is 160 Å². The summed E-state index contributed by atoms with van der Waals surface area (Å²) in [6, 6.07) is 6.55. The van der Waals surface area contributed by atoms with Crippen LogP contribution in [-0.4, -0.2) is 33.9 Å². The van der Waals surface area contributed by atoms with Crippen molar-refractivity contribution in [3.63, 3.8) is 0 Å². The summed E-state index contributed by atoms with van der Waals surface area (Å²) < 4.78 is 1.94. The fourth-order valence-corrected chi connectivity index (χ4v) is 4.19. The molecule has 4 rings (SSSR count). The molecular weight excluding hydrogens is 338 g/mol. The van der Waals surface area contributed by atoms with E-state index >= 15 is 0 Å². The van der Waals surface area contributed by atoms with E-state index in [0.29, 0.717) is 6.54 Å². The second-order valence-electron chi connectivity index (χ2n) is 7.89. The first-order valence-electron chi connectivity index (χ1n) is 9.81. The number of carboxylic acid groups (broad SMARTS) is 1. The summed E-state index contributed by atoms with van der Waals surface area (Å²) in [5, 5.41) is 13.3. The summed E-state index contributed by atoms with van der Waals surface area (Å²) in [4.78, 5) is 12.3. The Balaban J connectivity index is 1.52. The van der Waals surface area contributed by atoms with Gasteiger partial charge in [-0.3, -0.25) is 9.48 Å². The van der Waals surface area contributed by atoms with E-state index in [4.69, 9.17) is 5.11 Å². The molecule has 2 N–H and O–H groups in total. The fraction of sp³-hybridized carbons (Fsp3) is 0.455. The van der Waals surface area contributed by atoms with Crippen LogP contribution in [0.5, 0.6) is 0 Å². The first-order valence-corrected chi connectivity index (χ1v) is 9.81. The number of aromatic nitrogens is 2. The number of aliphatic carboxylic acids is 1. The first kappa shape index (κ1) is 17.8. The molecule has 1 aromatic carbocycles. The maximum Gasteiger partial charge on any atom is 0.309 e. The zero-order chi connectivity index (χ0) is 18.9. The van der Waals surface area contributed by atoms with E-state index in [0.717, 1.165) is 37.2 Å². The van der Waals surface area contributed by atoms with Crippen molar-refractivity contribution in [2.75, 3.05) is 13.1 Å². The van der Waals surface area contributed by atoms with Gasteiger partial charge in [0.25, 0.3) is 0 Å². The second-order valence-corrected chi connectivity index (χ2v) is 7.89. The zero-order valence-electron chi connectivity index (χ0n) is 15.8. The zero-order valence-corrected chi connectivity index (χ0v) is 15.8. The molecular formula is C22H26N3O2+. The number of fused-ring (bicyclic) bond motifs is 2. The molecule has 1 saturated carbocycles. The minimum absolute atomic E-state index is 0.246. The summed E-state index contributed by atoms with van der Waals surface area (Å²) in [6.45, 7) is 5.73. The van der Waals surface area contributed by atoms with Gasteiger partial charge in [0.05, 0.1) is 31.3 Å². The average Bonchev–Trinajstić information content (AvgIpc) is 3.27. The number of quaternary nitrogens is 1. The van der Waals surface area contributed by atoms with E-state index in [-0.39, 0.29) is 11.8 Å². The smallest absolute Gasteiger partial charge is 0.309 e. The lowest BCUT2D eigenvalue weighted by Gasteiger charge is -2.32. The minimum Gasteiger partial charge on any atom is -0.481 e. The van der Waals surface area contributed by atoms with Gasteiger partial charge in [-0.15, -0.1) is 0 Å². The van der Waals surface area contributed by atoms with Crippen LogP contribution in [0.4, 0.5) is 0 Å². The number of aryl methyl sites for hydroxylation is 1. The molecule has 5 heteroatoms. The third-order valence-electron chi connectivity index (χ3n) is 5.69. The van der Waals surface area contributed by atoms with Crippen molar-refractivity contribution in [3.8, 4) is 11.8 Å². The molecule has 0 bridgehead atoms. The highest BCUT2D eigenvalue weighted by molar-refractivity contribution is 5.66. The normalized spacial score (nSPS) is 19.2. The van der Waals surface area contributed by atoms with E-state index in [1.54, 1.807) is 0 Å². The van der Waals surface area contributed by atoms with Crippen molar-refractivity contribution in [1.82, 2.24) is 9.78 Å². The van der Waals surface area contributed by atoms with E-state index in [2.05, 4.69) is 42.1 Å². The monoisotopic (exact) mass is 364 g/mol. The fourth-order valence-electron chi connectivity index (χ4n) is 4.19. The van der Waals surface area contributed by atoms with Crippen molar-refractivity contribution in [2.24, 2.45) is 0 Å². The van der Waals surface area contributed by atoms with Gasteiger partial charge in [0.15, 0.2) is 0 Å². The number of hydrogen-bond donors (Lipinski definition) is 2. The van der Waals surface area contributed by atoms with Crippen LogP contribution < -0.4 is 4.90 Å². The molecule has 1 fully saturated rings. The van der Waals surface area contributed by atoms with Crippen LogP contribution >= 0.6 is 0 Å². The molecule has 2 aliphatic rings. The van der Waals surface area contributed by atoms with Gasteiger partial charge in [-0.05, 0) is 37.0 Å². The van der Waals surface area contributed by atoms with Crippen LogP contribution in [0.1, 0.15) is 54.9 Å². The number of carbonyl (C=O) groups is 1. The Hall–Kier alpha value is -2.58. The van der Waals surface area contributed by atoms with Crippen LogP contribution in [0, 0.1) is 11.8 Å². The molecule has 1 aliphatic carbocycles. The molecule has 0 saturated heterocycles. The highest BCUT2D eigenvalue weighted by Gasteiger charge is 2.51. The van der Waals surface area contributed by atoms with E-state index in [1.807, 2.05) is 17.1 Å². The Kier molecular flexibility index (Phi) is 4.75. The molecule has 1 aromatic heterocycles. The SMILES string of the molecule is CCCn1cc(C#Cc2ccc3c(c2)C2(CC2)C[NH+](CCC(=O)O)C3)cn1. The maximum absolute atomic E-state index is 10.9. The molecule has 0 radical (unpaired) electrons. The predicted octanol–water partition coefficient (Wildman–Crippen LogP) is 1.60. The van der Waals surface area contributed by atoms with Gasteiger partial charge in [-0.1, -0.05) is 24.8 Å². The number of hydrogen-bond acceptors (Lipinski definition) is 2. The highest BCUT2D eigenvalue weighted by atomic mass is 16.4. The second kappa shape index (κ2) is 7.21. The highest BCUT2D eigenvalue weighted by Crippen LogP contribution is 2.49. The van der Waals surface area contributed by atoms with Crippen LogP contribution in [0.3, 0.4) is 0 Å². The Morgan fingerprint density at radius 3 is 2.89 bits per heavy atom. The van der Waals surface area contributed by atoms with E-state index in [9.17, 15) is 4.79 Å². The third kappa shape index (κ3) is 3.91. The number of nitrogens with zero attached hydrogens (tertiary/aromatic N) is 2.